The Hall–Kier alpha value is -0.860. The SMILES string of the molecule is CC(CCO)CC(O)Cc1ccccc1. The Morgan fingerprint density at radius 1 is 1.20 bits per heavy atom. The minimum Gasteiger partial charge on any atom is -0.396 e. The molecular weight excluding hydrogens is 188 g/mol. The second-order valence-electron chi connectivity index (χ2n) is 4.20. The number of hydrogen-bond acceptors (Lipinski definition) is 2. The first kappa shape index (κ1) is 12.2. The standard InChI is InChI=1S/C13H20O2/c1-11(7-8-14)9-13(15)10-12-5-3-2-4-6-12/h2-6,11,13-15H,7-10H2,1H3. The third-order valence-corrected chi connectivity index (χ3v) is 2.61. The van der Waals surface area contributed by atoms with Crippen molar-refractivity contribution in [1.82, 2.24) is 0 Å². The van der Waals surface area contributed by atoms with Crippen LogP contribution >= 0.6 is 0 Å². The first-order valence-electron chi connectivity index (χ1n) is 5.55. The van der Waals surface area contributed by atoms with Crippen LogP contribution in [-0.4, -0.2) is 22.9 Å². The first-order valence-corrected chi connectivity index (χ1v) is 5.55. The van der Waals surface area contributed by atoms with Crippen molar-refractivity contribution in [2.45, 2.75) is 32.3 Å². The van der Waals surface area contributed by atoms with Gasteiger partial charge in [-0.25, -0.2) is 0 Å². The summed E-state index contributed by atoms with van der Waals surface area (Å²) in [5, 5.41) is 18.6. The van der Waals surface area contributed by atoms with Gasteiger partial charge >= 0.3 is 0 Å². The van der Waals surface area contributed by atoms with E-state index in [4.69, 9.17) is 5.11 Å². The summed E-state index contributed by atoms with van der Waals surface area (Å²) < 4.78 is 0. The maximum atomic E-state index is 9.82. The van der Waals surface area contributed by atoms with Gasteiger partial charge in [-0.15, -0.1) is 0 Å². The average molecular weight is 208 g/mol. The predicted molar refractivity (Wildman–Crippen MR) is 61.6 cm³/mol. The Bertz CT molecular complexity index is 258. The van der Waals surface area contributed by atoms with Gasteiger partial charge < -0.3 is 10.2 Å². The summed E-state index contributed by atoms with van der Waals surface area (Å²) in [4.78, 5) is 0. The minimum absolute atomic E-state index is 0.208. The Balaban J connectivity index is 2.33. The fraction of sp³-hybridized carbons (Fsp3) is 0.538. The van der Waals surface area contributed by atoms with Gasteiger partial charge in [0.05, 0.1) is 6.10 Å². The molecule has 2 N–H and O–H groups in total. The van der Waals surface area contributed by atoms with Gasteiger partial charge in [-0.05, 0) is 30.7 Å². The van der Waals surface area contributed by atoms with E-state index in [0.717, 1.165) is 12.8 Å². The molecule has 1 aromatic carbocycles. The second kappa shape index (κ2) is 6.59. The van der Waals surface area contributed by atoms with Crippen LogP contribution in [0.4, 0.5) is 0 Å². The van der Waals surface area contributed by atoms with Crippen LogP contribution in [0.1, 0.15) is 25.3 Å². The molecule has 2 heteroatoms. The van der Waals surface area contributed by atoms with Gasteiger partial charge in [0.15, 0.2) is 0 Å². The normalized spacial score (nSPS) is 14.9. The van der Waals surface area contributed by atoms with Gasteiger partial charge in [-0.1, -0.05) is 37.3 Å². The molecule has 0 aliphatic carbocycles. The third kappa shape index (κ3) is 4.96. The fourth-order valence-electron chi connectivity index (χ4n) is 1.77. The van der Waals surface area contributed by atoms with Crippen molar-refractivity contribution in [3.8, 4) is 0 Å². The summed E-state index contributed by atoms with van der Waals surface area (Å²) in [5.74, 6) is 0.383. The largest absolute Gasteiger partial charge is 0.396 e. The Kier molecular flexibility index (Phi) is 5.37. The zero-order valence-corrected chi connectivity index (χ0v) is 9.26. The van der Waals surface area contributed by atoms with Crippen molar-refractivity contribution in [2.24, 2.45) is 5.92 Å². The topological polar surface area (TPSA) is 40.5 Å². The fourth-order valence-corrected chi connectivity index (χ4v) is 1.77. The molecule has 2 unspecified atom stereocenters. The molecule has 0 saturated heterocycles. The van der Waals surface area contributed by atoms with Crippen molar-refractivity contribution in [1.29, 1.82) is 0 Å². The maximum Gasteiger partial charge on any atom is 0.0583 e. The van der Waals surface area contributed by atoms with Crippen molar-refractivity contribution in [2.75, 3.05) is 6.61 Å². The highest BCUT2D eigenvalue weighted by atomic mass is 16.3. The monoisotopic (exact) mass is 208 g/mol. The molecule has 0 bridgehead atoms. The van der Waals surface area contributed by atoms with E-state index in [9.17, 15) is 5.11 Å². The van der Waals surface area contributed by atoms with Gasteiger partial charge in [0.25, 0.3) is 0 Å². The molecule has 2 nitrogen and oxygen atoms in total. The third-order valence-electron chi connectivity index (χ3n) is 2.61. The maximum absolute atomic E-state index is 9.82. The van der Waals surface area contributed by atoms with E-state index >= 15 is 0 Å². The van der Waals surface area contributed by atoms with Gasteiger partial charge in [0.1, 0.15) is 0 Å². The zero-order valence-electron chi connectivity index (χ0n) is 9.26. The molecular formula is C13H20O2. The molecule has 0 aliphatic rings. The van der Waals surface area contributed by atoms with E-state index < -0.39 is 0 Å². The smallest absolute Gasteiger partial charge is 0.0583 e. The summed E-state index contributed by atoms with van der Waals surface area (Å²) in [6.07, 6.45) is 1.94. The molecule has 15 heavy (non-hydrogen) atoms. The Morgan fingerprint density at radius 2 is 1.87 bits per heavy atom. The predicted octanol–water partition coefficient (Wildman–Crippen LogP) is 2.00. The van der Waals surface area contributed by atoms with Crippen LogP contribution < -0.4 is 0 Å². The number of benzene rings is 1. The van der Waals surface area contributed by atoms with E-state index in [0.29, 0.717) is 12.3 Å². The highest BCUT2D eigenvalue weighted by Gasteiger charge is 2.10. The van der Waals surface area contributed by atoms with Crippen LogP contribution in [-0.2, 0) is 6.42 Å². The van der Waals surface area contributed by atoms with Crippen LogP contribution in [0.25, 0.3) is 0 Å². The molecule has 0 radical (unpaired) electrons. The highest BCUT2D eigenvalue weighted by Crippen LogP contribution is 2.13. The lowest BCUT2D eigenvalue weighted by Crippen LogP contribution is -2.15. The first-order chi connectivity index (χ1) is 7.22. The number of rotatable bonds is 6. The molecule has 0 spiro atoms. The molecule has 0 saturated carbocycles. The van der Waals surface area contributed by atoms with Crippen molar-refractivity contribution in [3.05, 3.63) is 35.9 Å². The highest BCUT2D eigenvalue weighted by molar-refractivity contribution is 5.15. The molecule has 84 valence electrons. The van der Waals surface area contributed by atoms with Crippen molar-refractivity contribution in [3.63, 3.8) is 0 Å². The van der Waals surface area contributed by atoms with E-state index in [1.54, 1.807) is 0 Å². The quantitative estimate of drug-likeness (QED) is 0.750. The Morgan fingerprint density at radius 3 is 2.47 bits per heavy atom. The van der Waals surface area contributed by atoms with E-state index in [1.807, 2.05) is 30.3 Å². The summed E-state index contributed by atoms with van der Waals surface area (Å²) in [6, 6.07) is 10.0. The summed E-state index contributed by atoms with van der Waals surface area (Å²) >= 11 is 0. The average Bonchev–Trinajstić information content (AvgIpc) is 2.19. The number of hydrogen-bond donors (Lipinski definition) is 2. The number of aliphatic hydroxyl groups is 2. The summed E-state index contributed by atoms with van der Waals surface area (Å²) in [5.41, 5.74) is 1.17. The van der Waals surface area contributed by atoms with Crippen LogP contribution in [0.3, 0.4) is 0 Å². The molecule has 2 atom stereocenters. The molecule has 0 aromatic heterocycles. The molecule has 1 aromatic rings. The zero-order chi connectivity index (χ0) is 11.1. The minimum atomic E-state index is -0.297. The summed E-state index contributed by atoms with van der Waals surface area (Å²) in [6.45, 7) is 2.27. The summed E-state index contributed by atoms with van der Waals surface area (Å²) in [7, 11) is 0. The molecule has 0 aliphatic heterocycles. The van der Waals surface area contributed by atoms with Gasteiger partial charge in [0, 0.05) is 6.61 Å². The van der Waals surface area contributed by atoms with Gasteiger partial charge in [-0.2, -0.15) is 0 Å². The van der Waals surface area contributed by atoms with Crippen LogP contribution in [0.15, 0.2) is 30.3 Å². The number of aliphatic hydroxyl groups excluding tert-OH is 2. The lowest BCUT2D eigenvalue weighted by atomic mass is 9.96. The second-order valence-corrected chi connectivity index (χ2v) is 4.20. The van der Waals surface area contributed by atoms with Crippen LogP contribution in [0.5, 0.6) is 0 Å². The van der Waals surface area contributed by atoms with Crippen LogP contribution in [0, 0.1) is 5.92 Å². The van der Waals surface area contributed by atoms with Gasteiger partial charge in [0.2, 0.25) is 0 Å². The van der Waals surface area contributed by atoms with E-state index in [1.165, 1.54) is 5.56 Å². The van der Waals surface area contributed by atoms with Gasteiger partial charge in [-0.3, -0.25) is 0 Å². The molecule has 0 amide bonds. The molecule has 0 heterocycles. The van der Waals surface area contributed by atoms with E-state index in [2.05, 4.69) is 6.92 Å². The Labute approximate surface area is 91.6 Å². The lowest BCUT2D eigenvalue weighted by Gasteiger charge is -2.15. The van der Waals surface area contributed by atoms with Crippen LogP contribution in [0.2, 0.25) is 0 Å². The van der Waals surface area contributed by atoms with E-state index in [-0.39, 0.29) is 12.7 Å². The van der Waals surface area contributed by atoms with Crippen molar-refractivity contribution >= 4 is 0 Å². The lowest BCUT2D eigenvalue weighted by molar-refractivity contribution is 0.136. The van der Waals surface area contributed by atoms with Crippen molar-refractivity contribution < 1.29 is 10.2 Å². The molecule has 0 fully saturated rings. The molecule has 1 rings (SSSR count).